The number of nitrogens with one attached hydrogen (secondary N) is 1. The van der Waals surface area contributed by atoms with Gasteiger partial charge in [0, 0.05) is 45.8 Å². The highest BCUT2D eigenvalue weighted by Crippen LogP contribution is 2.19. The molecule has 1 fully saturated rings. The zero-order chi connectivity index (χ0) is 18.4. The number of anilines is 1. The molecular formula is C19H27N5O2. The van der Waals surface area contributed by atoms with Gasteiger partial charge in [0.1, 0.15) is 5.69 Å². The van der Waals surface area contributed by atoms with Crippen molar-refractivity contribution in [2.24, 2.45) is 0 Å². The second-order valence-electron chi connectivity index (χ2n) is 6.85. The molecule has 0 bridgehead atoms. The number of allylic oxidation sites excluding steroid dienone is 1. The lowest BCUT2D eigenvalue weighted by Crippen LogP contribution is -2.50. The first-order valence-corrected chi connectivity index (χ1v) is 9.43. The first kappa shape index (κ1) is 18.4. The van der Waals surface area contributed by atoms with Crippen molar-refractivity contribution in [2.75, 3.05) is 38.0 Å². The number of rotatable bonds is 5. The maximum absolute atomic E-state index is 12.6. The minimum Gasteiger partial charge on any atom is -0.354 e. The Morgan fingerprint density at radius 1 is 1.15 bits per heavy atom. The molecule has 1 aliphatic heterocycles. The van der Waals surface area contributed by atoms with Crippen LogP contribution >= 0.6 is 0 Å². The normalized spacial score (nSPS) is 17.7. The average Bonchev–Trinajstić information content (AvgIpc) is 2.68. The number of carbonyl (C=O) groups is 2. The zero-order valence-electron chi connectivity index (χ0n) is 15.4. The van der Waals surface area contributed by atoms with Crippen LogP contribution in [-0.4, -0.2) is 64.3 Å². The Morgan fingerprint density at radius 2 is 1.92 bits per heavy atom. The molecule has 2 heterocycles. The highest BCUT2D eigenvalue weighted by Gasteiger charge is 2.24. The highest BCUT2D eigenvalue weighted by molar-refractivity contribution is 5.92. The van der Waals surface area contributed by atoms with Crippen LogP contribution in [0.4, 0.5) is 5.95 Å². The van der Waals surface area contributed by atoms with Crippen LogP contribution in [0.3, 0.4) is 0 Å². The molecule has 0 radical (unpaired) electrons. The van der Waals surface area contributed by atoms with E-state index in [-0.39, 0.29) is 11.8 Å². The molecule has 1 aromatic rings. The van der Waals surface area contributed by atoms with Crippen molar-refractivity contribution in [3.8, 4) is 0 Å². The van der Waals surface area contributed by atoms with Gasteiger partial charge in [-0.15, -0.1) is 0 Å². The van der Waals surface area contributed by atoms with E-state index < -0.39 is 0 Å². The van der Waals surface area contributed by atoms with Gasteiger partial charge in [-0.25, -0.2) is 9.97 Å². The smallest absolute Gasteiger partial charge is 0.272 e. The van der Waals surface area contributed by atoms with Gasteiger partial charge in [0.15, 0.2) is 0 Å². The standard InChI is InChI=1S/C19H27N5O2/c1-15(25)23-11-13-24(14-12-23)18(26)17-8-10-21-19(22-17)20-9-7-16-5-3-2-4-6-16/h5,8,10H,2-4,6-7,9,11-14H2,1H3,(H,20,21,22). The molecule has 0 saturated carbocycles. The lowest BCUT2D eigenvalue weighted by molar-refractivity contribution is -0.130. The largest absolute Gasteiger partial charge is 0.354 e. The van der Waals surface area contributed by atoms with Crippen LogP contribution in [0.2, 0.25) is 0 Å². The Balaban J connectivity index is 1.52. The van der Waals surface area contributed by atoms with Gasteiger partial charge >= 0.3 is 0 Å². The predicted octanol–water partition coefficient (Wildman–Crippen LogP) is 2.08. The number of piperazine rings is 1. The molecule has 0 aromatic carbocycles. The van der Waals surface area contributed by atoms with E-state index in [1.165, 1.54) is 31.3 Å². The molecule has 0 unspecified atom stereocenters. The summed E-state index contributed by atoms with van der Waals surface area (Å²) in [5.41, 5.74) is 1.90. The summed E-state index contributed by atoms with van der Waals surface area (Å²) in [7, 11) is 0. The topological polar surface area (TPSA) is 78.4 Å². The van der Waals surface area contributed by atoms with Crippen molar-refractivity contribution < 1.29 is 9.59 Å². The average molecular weight is 357 g/mol. The summed E-state index contributed by atoms with van der Waals surface area (Å²) >= 11 is 0. The minimum atomic E-state index is -0.103. The fourth-order valence-corrected chi connectivity index (χ4v) is 3.42. The van der Waals surface area contributed by atoms with Crippen LogP contribution in [0.5, 0.6) is 0 Å². The van der Waals surface area contributed by atoms with Crippen molar-refractivity contribution in [3.05, 3.63) is 29.6 Å². The quantitative estimate of drug-likeness (QED) is 0.817. The molecule has 1 aliphatic carbocycles. The number of hydrogen-bond acceptors (Lipinski definition) is 5. The van der Waals surface area contributed by atoms with Crippen molar-refractivity contribution in [2.45, 2.75) is 39.0 Å². The van der Waals surface area contributed by atoms with E-state index >= 15 is 0 Å². The van der Waals surface area contributed by atoms with Gasteiger partial charge in [0.25, 0.3) is 5.91 Å². The van der Waals surface area contributed by atoms with Gasteiger partial charge in [-0.05, 0) is 38.2 Å². The molecule has 26 heavy (non-hydrogen) atoms. The highest BCUT2D eigenvalue weighted by atomic mass is 16.2. The number of hydrogen-bond donors (Lipinski definition) is 1. The summed E-state index contributed by atoms with van der Waals surface area (Å²) in [5, 5.41) is 3.23. The summed E-state index contributed by atoms with van der Waals surface area (Å²) in [4.78, 5) is 36.1. The number of amides is 2. The summed E-state index contributed by atoms with van der Waals surface area (Å²) in [6.45, 7) is 4.57. The number of aromatic nitrogens is 2. The summed E-state index contributed by atoms with van der Waals surface area (Å²) in [6, 6.07) is 1.65. The Labute approximate surface area is 154 Å². The van der Waals surface area contributed by atoms with Gasteiger partial charge in [-0.3, -0.25) is 9.59 Å². The van der Waals surface area contributed by atoms with Crippen LogP contribution in [0.25, 0.3) is 0 Å². The van der Waals surface area contributed by atoms with Crippen LogP contribution in [-0.2, 0) is 4.79 Å². The fourth-order valence-electron chi connectivity index (χ4n) is 3.42. The van der Waals surface area contributed by atoms with E-state index in [4.69, 9.17) is 0 Å². The molecule has 3 rings (SSSR count). The second kappa shape index (κ2) is 8.78. The molecule has 2 amide bonds. The molecule has 1 N–H and O–H groups in total. The van der Waals surface area contributed by atoms with Crippen LogP contribution in [0.1, 0.15) is 49.5 Å². The van der Waals surface area contributed by atoms with E-state index in [1.807, 2.05) is 0 Å². The second-order valence-corrected chi connectivity index (χ2v) is 6.85. The fraction of sp³-hybridized carbons (Fsp3) is 0.579. The molecule has 7 heteroatoms. The van der Waals surface area contributed by atoms with E-state index in [2.05, 4.69) is 21.4 Å². The van der Waals surface area contributed by atoms with Crippen LogP contribution in [0.15, 0.2) is 23.9 Å². The first-order valence-electron chi connectivity index (χ1n) is 9.43. The van der Waals surface area contributed by atoms with Gasteiger partial charge in [0.05, 0.1) is 0 Å². The number of carbonyl (C=O) groups excluding carboxylic acids is 2. The third-order valence-electron chi connectivity index (χ3n) is 5.00. The third-order valence-corrected chi connectivity index (χ3v) is 5.00. The Hall–Kier alpha value is -2.44. The zero-order valence-corrected chi connectivity index (χ0v) is 15.4. The van der Waals surface area contributed by atoms with E-state index in [0.29, 0.717) is 37.8 Å². The van der Waals surface area contributed by atoms with E-state index in [9.17, 15) is 9.59 Å². The predicted molar refractivity (Wildman–Crippen MR) is 99.8 cm³/mol. The Kier molecular flexibility index (Phi) is 6.20. The Bertz CT molecular complexity index is 680. The van der Waals surface area contributed by atoms with Crippen molar-refractivity contribution in [1.29, 1.82) is 0 Å². The van der Waals surface area contributed by atoms with Crippen LogP contribution < -0.4 is 5.32 Å². The molecule has 1 saturated heterocycles. The van der Waals surface area contributed by atoms with E-state index in [0.717, 1.165) is 13.0 Å². The van der Waals surface area contributed by atoms with Crippen molar-refractivity contribution in [3.63, 3.8) is 0 Å². The maximum Gasteiger partial charge on any atom is 0.272 e. The summed E-state index contributed by atoms with van der Waals surface area (Å²) in [6.07, 6.45) is 9.91. The molecule has 2 aliphatic rings. The van der Waals surface area contributed by atoms with E-state index in [1.54, 1.807) is 29.0 Å². The molecular weight excluding hydrogens is 330 g/mol. The maximum atomic E-state index is 12.6. The van der Waals surface area contributed by atoms with Crippen molar-refractivity contribution in [1.82, 2.24) is 19.8 Å². The first-order chi connectivity index (χ1) is 12.6. The van der Waals surface area contributed by atoms with Gasteiger partial charge in [-0.1, -0.05) is 11.6 Å². The monoisotopic (exact) mass is 357 g/mol. The summed E-state index contributed by atoms with van der Waals surface area (Å²) in [5.74, 6) is 0.446. The molecule has 7 nitrogen and oxygen atoms in total. The Morgan fingerprint density at radius 3 is 2.62 bits per heavy atom. The van der Waals surface area contributed by atoms with Gasteiger partial charge in [-0.2, -0.15) is 0 Å². The van der Waals surface area contributed by atoms with Gasteiger partial charge in [0.2, 0.25) is 11.9 Å². The lowest BCUT2D eigenvalue weighted by Gasteiger charge is -2.34. The lowest BCUT2D eigenvalue weighted by atomic mass is 9.97. The van der Waals surface area contributed by atoms with Crippen molar-refractivity contribution >= 4 is 17.8 Å². The van der Waals surface area contributed by atoms with Crippen LogP contribution in [0, 0.1) is 0 Å². The molecule has 1 aromatic heterocycles. The van der Waals surface area contributed by atoms with Gasteiger partial charge < -0.3 is 15.1 Å². The molecule has 140 valence electrons. The minimum absolute atomic E-state index is 0.0544. The number of nitrogens with zero attached hydrogens (tertiary/aromatic N) is 4. The SMILES string of the molecule is CC(=O)N1CCN(C(=O)c2ccnc(NCCC3=CCCCC3)n2)CC1. The molecule has 0 atom stereocenters. The summed E-state index contributed by atoms with van der Waals surface area (Å²) < 4.78 is 0. The molecule has 0 spiro atoms. The third kappa shape index (κ3) is 4.80.